The third kappa shape index (κ3) is 3.10. The topological polar surface area (TPSA) is 104 Å². The molecule has 0 aromatic heterocycles. The highest BCUT2D eigenvalue weighted by Crippen LogP contribution is 2.29. The number of carboxylic acid groups (broad SMARTS) is 1. The number of benzene rings is 1. The minimum Gasteiger partial charge on any atom is -0.479 e. The van der Waals surface area contributed by atoms with Crippen LogP contribution in [0.1, 0.15) is 23.2 Å². The van der Waals surface area contributed by atoms with Crippen LogP contribution in [0.3, 0.4) is 0 Å². The summed E-state index contributed by atoms with van der Waals surface area (Å²) in [4.78, 5) is 24.0. The second-order valence-electron chi connectivity index (χ2n) is 5.94. The lowest BCUT2D eigenvalue weighted by Gasteiger charge is -2.25. The standard InChI is InChI=1S/C15H18N2O5S2/c18-13(16-15(14(19)20)5-7-23-10-15)11-3-1-4-12(9-11)17-6-2-8-24(17,21)22/h1,3-4,9H,2,5-8,10H2,(H,16,18)(H,19,20). The number of carbonyl (C=O) groups is 2. The van der Waals surface area contributed by atoms with E-state index >= 15 is 0 Å². The summed E-state index contributed by atoms with van der Waals surface area (Å²) in [6, 6.07) is 6.29. The zero-order valence-corrected chi connectivity index (χ0v) is 14.5. The van der Waals surface area contributed by atoms with E-state index < -0.39 is 27.4 Å². The molecule has 0 bridgehead atoms. The summed E-state index contributed by atoms with van der Waals surface area (Å²) in [5.74, 6) is -0.437. The minimum atomic E-state index is -3.33. The summed E-state index contributed by atoms with van der Waals surface area (Å²) in [5.41, 5.74) is -0.560. The van der Waals surface area contributed by atoms with Gasteiger partial charge in [0.25, 0.3) is 5.91 Å². The Bertz CT molecular complexity index is 772. The number of carbonyl (C=O) groups excluding carboxylic acids is 1. The molecule has 2 aliphatic heterocycles. The molecule has 3 rings (SSSR count). The van der Waals surface area contributed by atoms with Gasteiger partial charge in [0.05, 0.1) is 11.4 Å². The van der Waals surface area contributed by atoms with Crippen LogP contribution in [-0.2, 0) is 14.8 Å². The van der Waals surface area contributed by atoms with Gasteiger partial charge in [-0.25, -0.2) is 13.2 Å². The first-order chi connectivity index (χ1) is 11.3. The van der Waals surface area contributed by atoms with Gasteiger partial charge in [-0.3, -0.25) is 9.10 Å². The number of nitrogens with zero attached hydrogens (tertiary/aromatic N) is 1. The van der Waals surface area contributed by atoms with Crippen molar-refractivity contribution in [2.24, 2.45) is 0 Å². The van der Waals surface area contributed by atoms with E-state index in [1.807, 2.05) is 0 Å². The van der Waals surface area contributed by atoms with E-state index in [0.717, 1.165) is 0 Å². The number of rotatable bonds is 4. The van der Waals surface area contributed by atoms with Gasteiger partial charge in [-0.1, -0.05) is 6.07 Å². The highest BCUT2D eigenvalue weighted by molar-refractivity contribution is 7.99. The van der Waals surface area contributed by atoms with Crippen molar-refractivity contribution in [2.45, 2.75) is 18.4 Å². The van der Waals surface area contributed by atoms with Crippen molar-refractivity contribution < 1.29 is 23.1 Å². The Morgan fingerprint density at radius 2 is 2.12 bits per heavy atom. The number of amides is 1. The molecule has 2 fully saturated rings. The van der Waals surface area contributed by atoms with Crippen LogP contribution in [0.5, 0.6) is 0 Å². The van der Waals surface area contributed by atoms with Gasteiger partial charge in [-0.2, -0.15) is 11.8 Å². The third-order valence-corrected chi connectivity index (χ3v) is 7.34. The summed E-state index contributed by atoms with van der Waals surface area (Å²) in [6.45, 7) is 0.392. The van der Waals surface area contributed by atoms with Crippen molar-refractivity contribution >= 4 is 39.3 Å². The summed E-state index contributed by atoms with van der Waals surface area (Å²) in [7, 11) is -3.33. The van der Waals surface area contributed by atoms with Gasteiger partial charge < -0.3 is 10.4 Å². The molecule has 2 saturated heterocycles. The van der Waals surface area contributed by atoms with Crippen molar-refractivity contribution in [1.82, 2.24) is 5.32 Å². The van der Waals surface area contributed by atoms with Crippen LogP contribution >= 0.6 is 11.8 Å². The van der Waals surface area contributed by atoms with Crippen LogP contribution in [0.25, 0.3) is 0 Å². The van der Waals surface area contributed by atoms with Crippen molar-refractivity contribution in [2.75, 3.05) is 28.1 Å². The molecule has 9 heteroatoms. The molecule has 24 heavy (non-hydrogen) atoms. The molecule has 7 nitrogen and oxygen atoms in total. The van der Waals surface area contributed by atoms with E-state index in [0.29, 0.717) is 36.6 Å². The van der Waals surface area contributed by atoms with Crippen LogP contribution in [0.2, 0.25) is 0 Å². The Morgan fingerprint density at radius 1 is 1.33 bits per heavy atom. The number of anilines is 1. The fourth-order valence-electron chi connectivity index (χ4n) is 2.91. The predicted octanol–water partition coefficient (Wildman–Crippen LogP) is 0.917. The van der Waals surface area contributed by atoms with Gasteiger partial charge in [0.1, 0.15) is 5.54 Å². The molecule has 1 amide bonds. The molecule has 2 heterocycles. The number of thioether (sulfide) groups is 1. The number of sulfonamides is 1. The van der Waals surface area contributed by atoms with Gasteiger partial charge in [0, 0.05) is 17.9 Å². The van der Waals surface area contributed by atoms with Gasteiger partial charge in [0.2, 0.25) is 10.0 Å². The van der Waals surface area contributed by atoms with Crippen LogP contribution in [0, 0.1) is 0 Å². The fourth-order valence-corrected chi connectivity index (χ4v) is 5.79. The average molecular weight is 370 g/mol. The Hall–Kier alpha value is -1.74. The zero-order chi connectivity index (χ0) is 17.4. The first-order valence-corrected chi connectivity index (χ1v) is 10.3. The maximum atomic E-state index is 12.5. The molecule has 0 radical (unpaired) electrons. The quantitative estimate of drug-likeness (QED) is 0.817. The van der Waals surface area contributed by atoms with E-state index in [9.17, 15) is 23.1 Å². The van der Waals surface area contributed by atoms with Crippen molar-refractivity contribution in [3.63, 3.8) is 0 Å². The molecule has 1 aromatic rings. The van der Waals surface area contributed by atoms with Crippen LogP contribution in [0.4, 0.5) is 5.69 Å². The van der Waals surface area contributed by atoms with E-state index in [1.54, 1.807) is 18.2 Å². The highest BCUT2D eigenvalue weighted by atomic mass is 32.2. The van der Waals surface area contributed by atoms with E-state index in [-0.39, 0.29) is 11.3 Å². The maximum absolute atomic E-state index is 12.5. The normalized spacial score (nSPS) is 25.6. The molecular weight excluding hydrogens is 352 g/mol. The molecule has 2 N–H and O–H groups in total. The first-order valence-electron chi connectivity index (χ1n) is 7.58. The van der Waals surface area contributed by atoms with Gasteiger partial charge in [0.15, 0.2) is 0 Å². The summed E-state index contributed by atoms with van der Waals surface area (Å²) in [6.07, 6.45) is 0.928. The lowest BCUT2D eigenvalue weighted by atomic mass is 9.98. The monoisotopic (exact) mass is 370 g/mol. The lowest BCUT2D eigenvalue weighted by Crippen LogP contribution is -2.54. The average Bonchev–Trinajstić information content (AvgIpc) is 3.14. The second kappa shape index (κ2) is 6.29. The number of aliphatic carboxylic acids is 1. The van der Waals surface area contributed by atoms with Crippen molar-refractivity contribution in [1.29, 1.82) is 0 Å². The Balaban J connectivity index is 1.84. The smallest absolute Gasteiger partial charge is 0.330 e. The van der Waals surface area contributed by atoms with Gasteiger partial charge in [-0.15, -0.1) is 0 Å². The Labute approximate surface area is 144 Å². The number of hydrogen-bond acceptors (Lipinski definition) is 5. The lowest BCUT2D eigenvalue weighted by molar-refractivity contribution is -0.143. The number of hydrogen-bond donors (Lipinski definition) is 2. The molecule has 0 saturated carbocycles. The van der Waals surface area contributed by atoms with Crippen LogP contribution in [0.15, 0.2) is 24.3 Å². The van der Waals surface area contributed by atoms with Crippen LogP contribution in [-0.4, -0.2) is 54.7 Å². The fraction of sp³-hybridized carbons (Fsp3) is 0.467. The Kier molecular flexibility index (Phi) is 4.48. The van der Waals surface area contributed by atoms with Crippen LogP contribution < -0.4 is 9.62 Å². The third-order valence-electron chi connectivity index (χ3n) is 4.28. The largest absolute Gasteiger partial charge is 0.479 e. The predicted molar refractivity (Wildman–Crippen MR) is 92.0 cm³/mol. The highest BCUT2D eigenvalue weighted by Gasteiger charge is 2.43. The first kappa shape index (κ1) is 17.1. The molecule has 130 valence electrons. The Morgan fingerprint density at radius 3 is 2.71 bits per heavy atom. The SMILES string of the molecule is O=C(NC1(C(=O)O)CCSC1)c1cccc(N2CCCS2(=O)=O)c1. The number of nitrogens with one attached hydrogen (secondary N) is 1. The molecule has 0 spiro atoms. The van der Waals surface area contributed by atoms with Crippen molar-refractivity contribution in [3.05, 3.63) is 29.8 Å². The second-order valence-corrected chi connectivity index (χ2v) is 9.05. The molecule has 2 aliphatic rings. The van der Waals surface area contributed by atoms with E-state index in [2.05, 4.69) is 5.32 Å². The van der Waals surface area contributed by atoms with Crippen molar-refractivity contribution in [3.8, 4) is 0 Å². The van der Waals surface area contributed by atoms with Gasteiger partial charge in [-0.05, 0) is 36.8 Å². The summed E-state index contributed by atoms with van der Waals surface area (Å²) >= 11 is 1.49. The summed E-state index contributed by atoms with van der Waals surface area (Å²) < 4.78 is 25.3. The van der Waals surface area contributed by atoms with E-state index in [4.69, 9.17) is 0 Å². The summed E-state index contributed by atoms with van der Waals surface area (Å²) in [5, 5.41) is 12.1. The molecular formula is C15H18N2O5S2. The molecule has 0 aliphatic carbocycles. The zero-order valence-electron chi connectivity index (χ0n) is 12.9. The molecule has 1 atom stereocenters. The van der Waals surface area contributed by atoms with E-state index in [1.165, 1.54) is 22.1 Å². The molecule has 1 unspecified atom stereocenters. The van der Waals surface area contributed by atoms with Gasteiger partial charge >= 0.3 is 5.97 Å². The molecule has 1 aromatic carbocycles. The maximum Gasteiger partial charge on any atom is 0.330 e. The number of carboxylic acids is 1. The minimum absolute atomic E-state index is 0.1000.